The van der Waals surface area contributed by atoms with Crippen molar-refractivity contribution >= 4 is 32.6 Å². The highest BCUT2D eigenvalue weighted by Gasteiger charge is 2.30. The van der Waals surface area contributed by atoms with Crippen LogP contribution in [-0.2, 0) is 10.0 Å². The van der Waals surface area contributed by atoms with Gasteiger partial charge in [0.25, 0.3) is 15.9 Å². The van der Waals surface area contributed by atoms with Crippen LogP contribution in [0.3, 0.4) is 0 Å². The predicted octanol–water partition coefficient (Wildman–Crippen LogP) is 5.18. The van der Waals surface area contributed by atoms with Gasteiger partial charge in [-0.1, -0.05) is 0 Å². The lowest BCUT2D eigenvalue weighted by atomic mass is 10.0. The van der Waals surface area contributed by atoms with Gasteiger partial charge in [-0.25, -0.2) is 8.42 Å². The van der Waals surface area contributed by atoms with E-state index in [0.717, 1.165) is 24.8 Å². The Morgan fingerprint density at radius 1 is 1.06 bits per heavy atom. The van der Waals surface area contributed by atoms with Crippen molar-refractivity contribution in [1.29, 1.82) is 0 Å². The third kappa shape index (κ3) is 4.44. The van der Waals surface area contributed by atoms with Crippen LogP contribution < -0.4 is 9.46 Å². The van der Waals surface area contributed by atoms with Gasteiger partial charge >= 0.3 is 0 Å². The smallest absolute Gasteiger partial charge is 0.289 e. The number of furan rings is 1. The predicted molar refractivity (Wildman–Crippen MR) is 129 cm³/mol. The Morgan fingerprint density at radius 3 is 2.36 bits per heavy atom. The van der Waals surface area contributed by atoms with E-state index in [9.17, 15) is 13.2 Å². The van der Waals surface area contributed by atoms with Gasteiger partial charge in [0, 0.05) is 29.7 Å². The van der Waals surface area contributed by atoms with Gasteiger partial charge in [0.1, 0.15) is 10.6 Å². The molecule has 1 aliphatic rings. The molecule has 33 heavy (non-hydrogen) atoms. The number of benzene rings is 2. The summed E-state index contributed by atoms with van der Waals surface area (Å²) in [6.07, 6.45) is 3.05. The minimum absolute atomic E-state index is 0.0622. The molecule has 1 aromatic heterocycles. The van der Waals surface area contributed by atoms with Crippen LogP contribution in [0.2, 0.25) is 0 Å². The maximum atomic E-state index is 13.5. The molecule has 4 rings (SSSR count). The van der Waals surface area contributed by atoms with Crippen molar-refractivity contribution in [2.45, 2.75) is 51.9 Å². The normalized spacial score (nSPS) is 14.5. The number of carbonyl (C=O) groups is 1. The molecule has 7 nitrogen and oxygen atoms in total. The van der Waals surface area contributed by atoms with Crippen LogP contribution in [-0.4, -0.2) is 38.9 Å². The van der Waals surface area contributed by atoms with E-state index in [-0.39, 0.29) is 22.1 Å². The second-order valence-electron chi connectivity index (χ2n) is 8.50. The first-order valence-electron chi connectivity index (χ1n) is 11.3. The van der Waals surface area contributed by atoms with Gasteiger partial charge in [0.15, 0.2) is 11.3 Å². The van der Waals surface area contributed by atoms with Gasteiger partial charge in [-0.15, -0.1) is 0 Å². The summed E-state index contributed by atoms with van der Waals surface area (Å²) >= 11 is 0. The highest BCUT2D eigenvalue weighted by atomic mass is 32.2. The topological polar surface area (TPSA) is 88.8 Å². The summed E-state index contributed by atoms with van der Waals surface area (Å²) in [5.74, 6) is 0.702. The number of amides is 1. The van der Waals surface area contributed by atoms with Crippen molar-refractivity contribution in [3.8, 4) is 5.75 Å². The van der Waals surface area contributed by atoms with E-state index < -0.39 is 10.0 Å². The molecule has 0 unspecified atom stereocenters. The van der Waals surface area contributed by atoms with Crippen molar-refractivity contribution in [2.75, 3.05) is 24.4 Å². The largest absolute Gasteiger partial charge is 0.494 e. The number of hydrogen-bond donors (Lipinski definition) is 1. The standard InChI is InChI=1S/C25H30N2O5S/c1-5-31-20-11-9-19(10-12-20)26-33(29,30)24-17(3)16(2)15-21-18(4)22(32-23(21)24)25(28)27-13-7-6-8-14-27/h9-12,15,26H,5-8,13-14H2,1-4H3. The zero-order valence-electron chi connectivity index (χ0n) is 19.5. The van der Waals surface area contributed by atoms with E-state index in [4.69, 9.17) is 9.15 Å². The molecule has 0 atom stereocenters. The monoisotopic (exact) mass is 470 g/mol. The molecule has 0 saturated carbocycles. The molecule has 0 radical (unpaired) electrons. The summed E-state index contributed by atoms with van der Waals surface area (Å²) in [6, 6.07) is 8.64. The Kier molecular flexibility index (Phi) is 6.38. The van der Waals surface area contributed by atoms with E-state index in [2.05, 4.69) is 4.72 Å². The number of anilines is 1. The molecule has 1 fully saturated rings. The van der Waals surface area contributed by atoms with Crippen molar-refractivity contribution < 1.29 is 22.4 Å². The van der Waals surface area contributed by atoms with Crippen LogP contribution >= 0.6 is 0 Å². The van der Waals surface area contributed by atoms with Gasteiger partial charge in [-0.2, -0.15) is 0 Å². The Hall–Kier alpha value is -3.00. The number of sulfonamides is 1. The molecular weight excluding hydrogens is 440 g/mol. The second kappa shape index (κ2) is 9.09. The maximum absolute atomic E-state index is 13.5. The molecule has 0 bridgehead atoms. The van der Waals surface area contributed by atoms with Crippen molar-refractivity contribution in [3.63, 3.8) is 0 Å². The molecule has 1 aliphatic heterocycles. The summed E-state index contributed by atoms with van der Waals surface area (Å²) in [6.45, 7) is 9.23. The van der Waals surface area contributed by atoms with Gasteiger partial charge in [-0.3, -0.25) is 9.52 Å². The molecule has 1 saturated heterocycles. The number of likely N-dealkylation sites (tertiary alicyclic amines) is 1. The van der Waals surface area contributed by atoms with E-state index >= 15 is 0 Å². The molecular formula is C25H30N2O5S. The van der Waals surface area contributed by atoms with Crippen LogP contribution in [0.4, 0.5) is 5.69 Å². The number of hydrogen-bond acceptors (Lipinski definition) is 5. The molecule has 1 N–H and O–H groups in total. The van der Waals surface area contributed by atoms with Crippen molar-refractivity contribution in [1.82, 2.24) is 4.90 Å². The lowest BCUT2D eigenvalue weighted by molar-refractivity contribution is 0.0693. The average Bonchev–Trinajstić information content (AvgIpc) is 3.11. The van der Waals surface area contributed by atoms with E-state index in [0.29, 0.717) is 47.6 Å². The van der Waals surface area contributed by atoms with Crippen molar-refractivity contribution in [2.24, 2.45) is 0 Å². The molecule has 2 aromatic carbocycles. The van der Waals surface area contributed by atoms with E-state index in [1.54, 1.807) is 36.1 Å². The number of fused-ring (bicyclic) bond motifs is 1. The van der Waals surface area contributed by atoms with E-state index in [1.807, 2.05) is 26.8 Å². The maximum Gasteiger partial charge on any atom is 0.289 e. The Balaban J connectivity index is 1.77. The SMILES string of the molecule is CCOc1ccc(NS(=O)(=O)c2c(C)c(C)cc3c(C)c(C(=O)N4CCCCC4)oc23)cc1. The molecule has 2 heterocycles. The van der Waals surface area contributed by atoms with E-state index in [1.165, 1.54) is 0 Å². The first-order chi connectivity index (χ1) is 15.7. The number of piperidine rings is 1. The fourth-order valence-corrected chi connectivity index (χ4v) is 5.81. The van der Waals surface area contributed by atoms with Crippen molar-refractivity contribution in [3.05, 3.63) is 52.8 Å². The van der Waals surface area contributed by atoms with Crippen LogP contribution in [0.5, 0.6) is 5.75 Å². The number of carbonyl (C=O) groups excluding carboxylic acids is 1. The number of rotatable bonds is 6. The fraction of sp³-hybridized carbons (Fsp3) is 0.400. The summed E-state index contributed by atoms with van der Waals surface area (Å²) in [5, 5.41) is 0.644. The first kappa shape index (κ1) is 23.2. The average molecular weight is 471 g/mol. The molecule has 3 aromatic rings. The van der Waals surface area contributed by atoms with Crippen LogP contribution in [0.15, 0.2) is 39.6 Å². The summed E-state index contributed by atoms with van der Waals surface area (Å²) in [7, 11) is -3.98. The third-order valence-electron chi connectivity index (χ3n) is 6.22. The number of ether oxygens (including phenoxy) is 1. The third-order valence-corrected chi connectivity index (χ3v) is 7.75. The lowest BCUT2D eigenvalue weighted by Crippen LogP contribution is -2.35. The molecule has 0 spiro atoms. The molecule has 176 valence electrons. The summed E-state index contributed by atoms with van der Waals surface area (Å²) in [4.78, 5) is 15.0. The van der Waals surface area contributed by atoms with Gasteiger partial charge in [0.05, 0.1) is 6.61 Å². The lowest BCUT2D eigenvalue weighted by Gasteiger charge is -2.25. The Labute approximate surface area is 194 Å². The zero-order valence-corrected chi connectivity index (χ0v) is 20.3. The minimum atomic E-state index is -3.98. The zero-order chi connectivity index (χ0) is 23.8. The summed E-state index contributed by atoms with van der Waals surface area (Å²) < 4.78 is 41.1. The Morgan fingerprint density at radius 2 is 1.73 bits per heavy atom. The fourth-order valence-electron chi connectivity index (χ4n) is 4.30. The molecule has 1 amide bonds. The Bertz CT molecular complexity index is 1290. The molecule has 8 heteroatoms. The quantitative estimate of drug-likeness (QED) is 0.536. The van der Waals surface area contributed by atoms with Gasteiger partial charge < -0.3 is 14.1 Å². The first-order valence-corrected chi connectivity index (χ1v) is 12.8. The number of aryl methyl sites for hydroxylation is 2. The number of nitrogens with zero attached hydrogens (tertiary/aromatic N) is 1. The number of nitrogens with one attached hydrogen (secondary N) is 1. The highest BCUT2D eigenvalue weighted by molar-refractivity contribution is 7.93. The second-order valence-corrected chi connectivity index (χ2v) is 10.1. The van der Waals surface area contributed by atoms with Crippen LogP contribution in [0.25, 0.3) is 11.0 Å². The van der Waals surface area contributed by atoms with Crippen LogP contribution in [0.1, 0.15) is 53.4 Å². The summed E-state index contributed by atoms with van der Waals surface area (Å²) in [5.41, 5.74) is 2.71. The highest BCUT2D eigenvalue weighted by Crippen LogP contribution is 2.36. The van der Waals surface area contributed by atoms with Gasteiger partial charge in [-0.05, 0) is 88.4 Å². The van der Waals surface area contributed by atoms with Crippen LogP contribution in [0, 0.1) is 20.8 Å². The van der Waals surface area contributed by atoms with Gasteiger partial charge in [0.2, 0.25) is 0 Å². The minimum Gasteiger partial charge on any atom is -0.494 e. The molecule has 0 aliphatic carbocycles.